The van der Waals surface area contributed by atoms with E-state index in [0.29, 0.717) is 11.1 Å². The summed E-state index contributed by atoms with van der Waals surface area (Å²) in [5.41, 5.74) is 6.59. The molecule has 0 aliphatic rings. The van der Waals surface area contributed by atoms with E-state index in [2.05, 4.69) is 9.97 Å². The van der Waals surface area contributed by atoms with Gasteiger partial charge in [-0.05, 0) is 6.07 Å². The highest BCUT2D eigenvalue weighted by atomic mass is 35.5. The first-order valence-electron chi connectivity index (χ1n) is 4.85. The van der Waals surface area contributed by atoms with Crippen molar-refractivity contribution in [2.24, 2.45) is 0 Å². The van der Waals surface area contributed by atoms with Gasteiger partial charge in [-0.15, -0.1) is 12.4 Å². The summed E-state index contributed by atoms with van der Waals surface area (Å²) in [6.45, 7) is 0. The van der Waals surface area contributed by atoms with Crippen molar-refractivity contribution in [1.29, 1.82) is 0 Å². The van der Waals surface area contributed by atoms with E-state index in [-0.39, 0.29) is 23.3 Å². The number of halogens is 1. The first-order valence-corrected chi connectivity index (χ1v) is 6.74. The fraction of sp³-hybridized carbons (Fsp3) is 0.0909. The molecule has 0 radical (unpaired) electrons. The van der Waals surface area contributed by atoms with Gasteiger partial charge in [0.2, 0.25) is 5.95 Å². The van der Waals surface area contributed by atoms with Crippen molar-refractivity contribution in [2.45, 2.75) is 4.90 Å². The first-order chi connectivity index (χ1) is 7.98. The molecule has 0 bridgehead atoms. The molecular formula is C11H12ClN3O2S. The third kappa shape index (κ3) is 2.96. The summed E-state index contributed by atoms with van der Waals surface area (Å²) >= 11 is 0. The quantitative estimate of drug-likeness (QED) is 0.905. The Labute approximate surface area is 111 Å². The lowest BCUT2D eigenvalue weighted by Gasteiger charge is -2.07. The lowest BCUT2D eigenvalue weighted by atomic mass is 10.1. The molecule has 2 N–H and O–H groups in total. The van der Waals surface area contributed by atoms with Crippen LogP contribution in [0.2, 0.25) is 0 Å². The minimum Gasteiger partial charge on any atom is -0.368 e. The van der Waals surface area contributed by atoms with E-state index in [1.165, 1.54) is 18.6 Å². The average Bonchev–Trinajstić information content (AvgIpc) is 2.29. The number of nitrogens with zero attached hydrogens (tertiary/aromatic N) is 2. The standard InChI is InChI=1S/C11H11N3O2S.ClH/c1-17(15,16)10-5-3-2-4-9(10)8-6-13-11(12)14-7-8;/h2-7H,1H3,(H2,12,13,14);1H. The zero-order chi connectivity index (χ0) is 12.5. The zero-order valence-electron chi connectivity index (χ0n) is 9.57. The van der Waals surface area contributed by atoms with Gasteiger partial charge >= 0.3 is 0 Å². The van der Waals surface area contributed by atoms with Gasteiger partial charge in [-0.25, -0.2) is 18.4 Å². The normalized spacial score (nSPS) is 10.7. The third-order valence-corrected chi connectivity index (χ3v) is 3.42. The largest absolute Gasteiger partial charge is 0.368 e. The second-order valence-electron chi connectivity index (χ2n) is 3.60. The van der Waals surface area contributed by atoms with Crippen LogP contribution in [0.4, 0.5) is 5.95 Å². The molecular weight excluding hydrogens is 274 g/mol. The number of hydrogen-bond donors (Lipinski definition) is 1. The second-order valence-corrected chi connectivity index (χ2v) is 5.58. The Morgan fingerprint density at radius 1 is 1.11 bits per heavy atom. The minimum atomic E-state index is -3.28. The third-order valence-electron chi connectivity index (χ3n) is 2.27. The van der Waals surface area contributed by atoms with Crippen molar-refractivity contribution < 1.29 is 8.42 Å². The Kier molecular flexibility index (Phi) is 4.26. The Bertz CT molecular complexity index is 642. The Balaban J connectivity index is 0.00000162. The number of hydrogen-bond acceptors (Lipinski definition) is 5. The zero-order valence-corrected chi connectivity index (χ0v) is 11.2. The number of sulfone groups is 1. The maximum Gasteiger partial charge on any atom is 0.219 e. The summed E-state index contributed by atoms with van der Waals surface area (Å²) < 4.78 is 23.3. The van der Waals surface area contributed by atoms with E-state index < -0.39 is 9.84 Å². The summed E-state index contributed by atoms with van der Waals surface area (Å²) in [7, 11) is -3.28. The molecule has 0 atom stereocenters. The van der Waals surface area contributed by atoms with Crippen LogP contribution in [0.3, 0.4) is 0 Å². The molecule has 7 heteroatoms. The van der Waals surface area contributed by atoms with Crippen LogP contribution >= 0.6 is 12.4 Å². The molecule has 1 heterocycles. The van der Waals surface area contributed by atoms with Crippen molar-refractivity contribution >= 4 is 28.2 Å². The molecule has 0 aliphatic heterocycles. The van der Waals surface area contributed by atoms with E-state index in [9.17, 15) is 8.42 Å². The molecule has 0 aliphatic carbocycles. The molecule has 0 saturated carbocycles. The SMILES string of the molecule is CS(=O)(=O)c1ccccc1-c1cnc(N)nc1.Cl. The van der Waals surface area contributed by atoms with Crippen LogP contribution in [0.1, 0.15) is 0 Å². The number of nitrogens with two attached hydrogens (primary N) is 1. The number of benzene rings is 1. The monoisotopic (exact) mass is 285 g/mol. The fourth-order valence-electron chi connectivity index (χ4n) is 1.51. The van der Waals surface area contributed by atoms with Crippen molar-refractivity contribution in [1.82, 2.24) is 9.97 Å². The van der Waals surface area contributed by atoms with E-state index >= 15 is 0 Å². The predicted octanol–water partition coefficient (Wildman–Crippen LogP) is 1.55. The molecule has 2 aromatic rings. The average molecular weight is 286 g/mol. The van der Waals surface area contributed by atoms with Gasteiger partial charge in [-0.2, -0.15) is 0 Å². The second kappa shape index (κ2) is 5.32. The van der Waals surface area contributed by atoms with Crippen molar-refractivity contribution in [3.05, 3.63) is 36.7 Å². The van der Waals surface area contributed by atoms with E-state index in [1.54, 1.807) is 24.3 Å². The van der Waals surface area contributed by atoms with Crippen molar-refractivity contribution in [3.63, 3.8) is 0 Å². The maximum atomic E-state index is 11.6. The number of rotatable bonds is 2. The Morgan fingerprint density at radius 2 is 1.67 bits per heavy atom. The van der Waals surface area contributed by atoms with Gasteiger partial charge in [-0.1, -0.05) is 18.2 Å². The molecule has 0 unspecified atom stereocenters. The maximum absolute atomic E-state index is 11.6. The molecule has 96 valence electrons. The lowest BCUT2D eigenvalue weighted by Crippen LogP contribution is -2.00. The van der Waals surface area contributed by atoms with Gasteiger partial charge in [-0.3, -0.25) is 0 Å². The van der Waals surface area contributed by atoms with Crippen molar-refractivity contribution in [2.75, 3.05) is 12.0 Å². The van der Waals surface area contributed by atoms with Gasteiger partial charge in [0, 0.05) is 29.8 Å². The van der Waals surface area contributed by atoms with Gasteiger partial charge in [0.15, 0.2) is 9.84 Å². The van der Waals surface area contributed by atoms with Gasteiger partial charge < -0.3 is 5.73 Å². The molecule has 0 amide bonds. The predicted molar refractivity (Wildman–Crippen MR) is 72.2 cm³/mol. The molecule has 1 aromatic carbocycles. The highest BCUT2D eigenvalue weighted by molar-refractivity contribution is 7.90. The Hall–Kier alpha value is -1.66. The number of nitrogen functional groups attached to an aromatic ring is 1. The summed E-state index contributed by atoms with van der Waals surface area (Å²) in [5.74, 6) is 0.158. The van der Waals surface area contributed by atoms with Crippen LogP contribution in [-0.2, 0) is 9.84 Å². The smallest absolute Gasteiger partial charge is 0.219 e. The lowest BCUT2D eigenvalue weighted by molar-refractivity contribution is 0.602. The Morgan fingerprint density at radius 3 is 2.22 bits per heavy atom. The van der Waals surface area contributed by atoms with Crippen molar-refractivity contribution in [3.8, 4) is 11.1 Å². The highest BCUT2D eigenvalue weighted by Gasteiger charge is 2.14. The van der Waals surface area contributed by atoms with Crippen LogP contribution < -0.4 is 5.73 Å². The summed E-state index contributed by atoms with van der Waals surface area (Å²) in [4.78, 5) is 7.96. The molecule has 2 rings (SSSR count). The van der Waals surface area contributed by atoms with Crippen LogP contribution in [0, 0.1) is 0 Å². The van der Waals surface area contributed by atoms with E-state index in [0.717, 1.165) is 0 Å². The molecule has 0 saturated heterocycles. The molecule has 5 nitrogen and oxygen atoms in total. The topological polar surface area (TPSA) is 85.9 Å². The molecule has 0 spiro atoms. The summed E-state index contributed by atoms with van der Waals surface area (Å²) in [5, 5.41) is 0. The summed E-state index contributed by atoms with van der Waals surface area (Å²) in [6.07, 6.45) is 4.18. The van der Waals surface area contributed by atoms with Gasteiger partial charge in [0.25, 0.3) is 0 Å². The number of anilines is 1. The van der Waals surface area contributed by atoms with Crippen LogP contribution in [0.15, 0.2) is 41.6 Å². The van der Waals surface area contributed by atoms with Crippen LogP contribution in [0.5, 0.6) is 0 Å². The molecule has 0 fully saturated rings. The highest BCUT2D eigenvalue weighted by Crippen LogP contribution is 2.26. The molecule has 1 aromatic heterocycles. The fourth-order valence-corrected chi connectivity index (χ4v) is 2.42. The summed E-state index contributed by atoms with van der Waals surface area (Å²) in [6, 6.07) is 6.71. The van der Waals surface area contributed by atoms with Crippen LogP contribution in [-0.4, -0.2) is 24.6 Å². The molecule has 18 heavy (non-hydrogen) atoms. The van der Waals surface area contributed by atoms with E-state index in [4.69, 9.17) is 5.73 Å². The number of aromatic nitrogens is 2. The van der Waals surface area contributed by atoms with Gasteiger partial charge in [0.1, 0.15) is 0 Å². The first kappa shape index (κ1) is 14.4. The minimum absolute atomic E-state index is 0. The van der Waals surface area contributed by atoms with Gasteiger partial charge in [0.05, 0.1) is 4.90 Å². The van der Waals surface area contributed by atoms with E-state index in [1.807, 2.05) is 0 Å². The van der Waals surface area contributed by atoms with Crippen LogP contribution in [0.25, 0.3) is 11.1 Å².